The van der Waals surface area contributed by atoms with Gasteiger partial charge in [-0.25, -0.2) is 13.1 Å². The summed E-state index contributed by atoms with van der Waals surface area (Å²) in [7, 11) is -3.84. The summed E-state index contributed by atoms with van der Waals surface area (Å²) in [6.45, 7) is -0.462. The Labute approximate surface area is 120 Å². The van der Waals surface area contributed by atoms with Gasteiger partial charge in [-0.05, 0) is 18.2 Å². The van der Waals surface area contributed by atoms with Crippen molar-refractivity contribution in [1.29, 1.82) is 0 Å². The number of rotatable bonds is 6. The number of halogens is 2. The van der Waals surface area contributed by atoms with E-state index in [1.54, 1.807) is 0 Å². The Hall–Kier alpha value is -0.860. The normalized spacial score (nSPS) is 11.3. The topological polar surface area (TPSA) is 95.5 Å². The Bertz CT molecular complexity index is 563. The number of carbonyl (C=O) groups excluding carboxylic acids is 1. The van der Waals surface area contributed by atoms with Crippen LogP contribution >= 0.6 is 23.2 Å². The molecular formula is C10H12Cl2N2O4S. The number of amides is 1. The Kier molecular flexibility index (Phi) is 6.02. The van der Waals surface area contributed by atoms with Gasteiger partial charge in [0.1, 0.15) is 10.8 Å². The Morgan fingerprint density at radius 3 is 2.63 bits per heavy atom. The van der Waals surface area contributed by atoms with Gasteiger partial charge in [0.25, 0.3) is 0 Å². The lowest BCUT2D eigenvalue weighted by Gasteiger charge is -2.10. The molecule has 1 aromatic carbocycles. The van der Waals surface area contributed by atoms with Gasteiger partial charge in [-0.3, -0.25) is 4.79 Å². The van der Waals surface area contributed by atoms with Gasteiger partial charge in [0.05, 0.1) is 11.6 Å². The zero-order valence-corrected chi connectivity index (χ0v) is 12.0. The molecular weight excluding hydrogens is 315 g/mol. The molecule has 0 unspecified atom stereocenters. The van der Waals surface area contributed by atoms with Gasteiger partial charge in [0.2, 0.25) is 15.9 Å². The van der Waals surface area contributed by atoms with E-state index in [4.69, 9.17) is 28.3 Å². The second-order valence-electron chi connectivity index (χ2n) is 3.45. The van der Waals surface area contributed by atoms with Crippen LogP contribution in [0, 0.1) is 0 Å². The van der Waals surface area contributed by atoms with E-state index in [0.29, 0.717) is 0 Å². The quantitative estimate of drug-likeness (QED) is 0.673. The molecule has 9 heteroatoms. The SMILES string of the molecule is O=C(CCl)Nc1ccc(Cl)c(S(=O)(=O)NCCO)c1. The van der Waals surface area contributed by atoms with Crippen molar-refractivity contribution < 1.29 is 18.3 Å². The lowest BCUT2D eigenvalue weighted by Crippen LogP contribution is -2.27. The number of anilines is 1. The van der Waals surface area contributed by atoms with Crippen LogP contribution in [0.5, 0.6) is 0 Å². The Morgan fingerprint density at radius 2 is 2.05 bits per heavy atom. The van der Waals surface area contributed by atoms with Crippen LogP contribution in [0.15, 0.2) is 23.1 Å². The molecule has 0 spiro atoms. The average molecular weight is 327 g/mol. The fourth-order valence-electron chi connectivity index (χ4n) is 1.24. The smallest absolute Gasteiger partial charge is 0.242 e. The summed E-state index contributed by atoms with van der Waals surface area (Å²) in [4.78, 5) is 10.9. The number of aliphatic hydroxyl groups excluding tert-OH is 1. The van der Waals surface area contributed by atoms with E-state index in [1.165, 1.54) is 18.2 Å². The highest BCUT2D eigenvalue weighted by Gasteiger charge is 2.18. The summed E-state index contributed by atoms with van der Waals surface area (Å²) < 4.78 is 25.9. The van der Waals surface area contributed by atoms with E-state index in [1.807, 2.05) is 0 Å². The molecule has 0 atom stereocenters. The fraction of sp³-hybridized carbons (Fsp3) is 0.300. The van der Waals surface area contributed by atoms with Crippen LogP contribution < -0.4 is 10.0 Å². The zero-order valence-electron chi connectivity index (χ0n) is 9.69. The monoisotopic (exact) mass is 326 g/mol. The van der Waals surface area contributed by atoms with Gasteiger partial charge < -0.3 is 10.4 Å². The summed E-state index contributed by atoms with van der Waals surface area (Å²) in [5.41, 5.74) is 0.263. The molecule has 0 saturated carbocycles. The predicted molar refractivity (Wildman–Crippen MR) is 73.1 cm³/mol. The molecule has 3 N–H and O–H groups in total. The van der Waals surface area contributed by atoms with Crippen molar-refractivity contribution in [3.8, 4) is 0 Å². The van der Waals surface area contributed by atoms with Gasteiger partial charge in [0, 0.05) is 12.2 Å². The molecule has 0 bridgehead atoms. The molecule has 19 heavy (non-hydrogen) atoms. The number of alkyl halides is 1. The largest absolute Gasteiger partial charge is 0.395 e. The van der Waals surface area contributed by atoms with Crippen molar-refractivity contribution in [3.05, 3.63) is 23.2 Å². The second kappa shape index (κ2) is 7.06. The van der Waals surface area contributed by atoms with E-state index in [-0.39, 0.29) is 34.6 Å². The van der Waals surface area contributed by atoms with Crippen LogP contribution in [0.3, 0.4) is 0 Å². The number of hydrogen-bond donors (Lipinski definition) is 3. The molecule has 1 aromatic rings. The molecule has 0 aliphatic carbocycles. The lowest BCUT2D eigenvalue weighted by atomic mass is 10.3. The van der Waals surface area contributed by atoms with Gasteiger partial charge in [-0.15, -0.1) is 11.6 Å². The maximum atomic E-state index is 11.9. The number of benzene rings is 1. The number of carbonyl (C=O) groups is 1. The molecule has 0 fully saturated rings. The van der Waals surface area contributed by atoms with E-state index in [9.17, 15) is 13.2 Å². The number of hydrogen-bond acceptors (Lipinski definition) is 4. The van der Waals surface area contributed by atoms with Crippen LogP contribution in [0.2, 0.25) is 5.02 Å². The molecule has 0 aromatic heterocycles. The van der Waals surface area contributed by atoms with Crippen LogP contribution in [-0.2, 0) is 14.8 Å². The van der Waals surface area contributed by atoms with Gasteiger partial charge >= 0.3 is 0 Å². The van der Waals surface area contributed by atoms with Crippen molar-refractivity contribution in [3.63, 3.8) is 0 Å². The summed E-state index contributed by atoms with van der Waals surface area (Å²) >= 11 is 11.1. The van der Waals surface area contributed by atoms with E-state index < -0.39 is 15.9 Å². The van der Waals surface area contributed by atoms with Crippen molar-refractivity contribution in [1.82, 2.24) is 4.72 Å². The van der Waals surface area contributed by atoms with Crippen molar-refractivity contribution in [2.45, 2.75) is 4.90 Å². The molecule has 0 heterocycles. The average Bonchev–Trinajstić information content (AvgIpc) is 2.38. The number of sulfonamides is 1. The van der Waals surface area contributed by atoms with Gasteiger partial charge in [-0.1, -0.05) is 11.6 Å². The van der Waals surface area contributed by atoms with Crippen LogP contribution in [0.1, 0.15) is 0 Å². The minimum atomic E-state index is -3.84. The van der Waals surface area contributed by atoms with E-state index >= 15 is 0 Å². The molecule has 0 aliphatic rings. The third-order valence-electron chi connectivity index (χ3n) is 2.03. The van der Waals surface area contributed by atoms with Gasteiger partial charge in [-0.2, -0.15) is 0 Å². The number of nitrogens with one attached hydrogen (secondary N) is 2. The lowest BCUT2D eigenvalue weighted by molar-refractivity contribution is -0.113. The minimum absolute atomic E-state index is 0.00862. The molecule has 6 nitrogen and oxygen atoms in total. The van der Waals surface area contributed by atoms with E-state index in [0.717, 1.165) is 0 Å². The van der Waals surface area contributed by atoms with Crippen LogP contribution in [0.4, 0.5) is 5.69 Å². The summed E-state index contributed by atoms with van der Waals surface area (Å²) in [6.07, 6.45) is 0. The first-order valence-corrected chi connectivity index (χ1v) is 7.56. The summed E-state index contributed by atoms with van der Waals surface area (Å²) in [5, 5.41) is 11.0. The zero-order chi connectivity index (χ0) is 14.5. The maximum absolute atomic E-state index is 11.9. The number of aliphatic hydroxyl groups is 1. The molecule has 0 saturated heterocycles. The predicted octanol–water partition coefficient (Wildman–Crippen LogP) is 0.788. The fourth-order valence-corrected chi connectivity index (χ4v) is 2.85. The molecule has 106 valence electrons. The maximum Gasteiger partial charge on any atom is 0.242 e. The first-order chi connectivity index (χ1) is 8.90. The van der Waals surface area contributed by atoms with Crippen LogP contribution in [-0.4, -0.2) is 38.5 Å². The molecule has 0 aliphatic heterocycles. The highest BCUT2D eigenvalue weighted by molar-refractivity contribution is 7.89. The Morgan fingerprint density at radius 1 is 1.37 bits per heavy atom. The summed E-state index contributed by atoms with van der Waals surface area (Å²) in [6, 6.07) is 4.02. The Balaban J connectivity index is 3.06. The standard InChI is InChI=1S/C10H12Cl2N2O4S/c11-6-10(16)14-7-1-2-8(12)9(5-7)19(17,18)13-3-4-15/h1-2,5,13,15H,3-4,6H2,(H,14,16). The van der Waals surface area contributed by atoms with Gasteiger partial charge in [0.15, 0.2) is 0 Å². The van der Waals surface area contributed by atoms with Crippen molar-refractivity contribution in [2.24, 2.45) is 0 Å². The summed E-state index contributed by atoms with van der Waals surface area (Å²) in [5.74, 6) is -0.705. The third kappa shape index (κ3) is 4.63. The molecule has 1 amide bonds. The molecule has 1 rings (SSSR count). The minimum Gasteiger partial charge on any atom is -0.395 e. The molecule has 0 radical (unpaired) electrons. The highest BCUT2D eigenvalue weighted by atomic mass is 35.5. The highest BCUT2D eigenvalue weighted by Crippen LogP contribution is 2.24. The first kappa shape index (κ1) is 16.2. The first-order valence-electron chi connectivity index (χ1n) is 5.16. The van der Waals surface area contributed by atoms with E-state index in [2.05, 4.69) is 10.0 Å². The second-order valence-corrected chi connectivity index (χ2v) is 5.86. The third-order valence-corrected chi connectivity index (χ3v) is 4.22. The van der Waals surface area contributed by atoms with Crippen molar-refractivity contribution >= 4 is 44.8 Å². The van der Waals surface area contributed by atoms with Crippen molar-refractivity contribution in [2.75, 3.05) is 24.3 Å². The van der Waals surface area contributed by atoms with Crippen LogP contribution in [0.25, 0.3) is 0 Å².